The molecule has 0 bridgehead atoms. The van der Waals surface area contributed by atoms with Crippen LogP contribution >= 0.6 is 0 Å². The standard InChI is InChI=1S/C21H15FN2/c22-16-11-9-14(10-12-16)20-17-4-1-2-6-19(17)24-21(15-7-8-15)18(20)5-3-13-23/h1-6,9-12,15H,7-8H2. The molecule has 0 N–H and O–H groups in total. The summed E-state index contributed by atoms with van der Waals surface area (Å²) in [6.45, 7) is 0. The molecule has 1 heterocycles. The van der Waals surface area contributed by atoms with Crippen LogP contribution in [0.5, 0.6) is 0 Å². The van der Waals surface area contributed by atoms with Crippen molar-refractivity contribution in [2.24, 2.45) is 0 Å². The van der Waals surface area contributed by atoms with Crippen molar-refractivity contribution in [3.8, 4) is 17.2 Å². The van der Waals surface area contributed by atoms with Crippen molar-refractivity contribution >= 4 is 17.0 Å². The molecule has 0 spiro atoms. The normalized spacial score (nSPS) is 14.2. The van der Waals surface area contributed by atoms with Gasteiger partial charge >= 0.3 is 0 Å². The molecule has 0 radical (unpaired) electrons. The summed E-state index contributed by atoms with van der Waals surface area (Å²) in [7, 11) is 0. The second-order valence-corrected chi connectivity index (χ2v) is 6.05. The minimum atomic E-state index is -0.256. The third-order valence-corrected chi connectivity index (χ3v) is 4.38. The highest BCUT2D eigenvalue weighted by Crippen LogP contribution is 2.45. The van der Waals surface area contributed by atoms with Crippen LogP contribution in [0.15, 0.2) is 54.6 Å². The van der Waals surface area contributed by atoms with Crippen molar-refractivity contribution < 1.29 is 4.39 Å². The maximum Gasteiger partial charge on any atom is 0.123 e. The second-order valence-electron chi connectivity index (χ2n) is 6.05. The average molecular weight is 314 g/mol. The van der Waals surface area contributed by atoms with Crippen LogP contribution in [0, 0.1) is 17.1 Å². The Morgan fingerprint density at radius 3 is 2.54 bits per heavy atom. The van der Waals surface area contributed by atoms with Gasteiger partial charge in [-0.2, -0.15) is 5.26 Å². The highest BCUT2D eigenvalue weighted by atomic mass is 19.1. The molecule has 116 valence electrons. The summed E-state index contributed by atoms with van der Waals surface area (Å²) >= 11 is 0. The van der Waals surface area contributed by atoms with E-state index in [0.717, 1.165) is 46.1 Å². The Bertz CT molecular complexity index is 977. The van der Waals surface area contributed by atoms with Crippen LogP contribution in [0.4, 0.5) is 4.39 Å². The molecule has 2 aromatic carbocycles. The predicted molar refractivity (Wildman–Crippen MR) is 93.8 cm³/mol. The number of hydrogen-bond acceptors (Lipinski definition) is 2. The Morgan fingerprint density at radius 1 is 1.08 bits per heavy atom. The number of para-hydroxylation sites is 1. The zero-order chi connectivity index (χ0) is 16.5. The highest BCUT2D eigenvalue weighted by Gasteiger charge is 2.29. The van der Waals surface area contributed by atoms with Crippen LogP contribution in [0.3, 0.4) is 0 Å². The molecular weight excluding hydrogens is 299 g/mol. The van der Waals surface area contributed by atoms with Gasteiger partial charge in [0, 0.05) is 28.5 Å². The monoisotopic (exact) mass is 314 g/mol. The van der Waals surface area contributed by atoms with Crippen LogP contribution < -0.4 is 0 Å². The Labute approximate surface area is 139 Å². The molecule has 1 aromatic heterocycles. The number of rotatable bonds is 3. The quantitative estimate of drug-likeness (QED) is 0.602. The van der Waals surface area contributed by atoms with Gasteiger partial charge in [0.25, 0.3) is 0 Å². The summed E-state index contributed by atoms with van der Waals surface area (Å²) in [6, 6.07) is 16.6. The third kappa shape index (κ3) is 2.57. The SMILES string of the molecule is N#CC=Cc1c(C2CC2)nc2ccccc2c1-c1ccc(F)cc1. The van der Waals surface area contributed by atoms with Gasteiger partial charge in [-0.15, -0.1) is 0 Å². The van der Waals surface area contributed by atoms with Crippen molar-refractivity contribution in [3.05, 3.63) is 71.7 Å². The maximum absolute atomic E-state index is 13.4. The minimum absolute atomic E-state index is 0.256. The van der Waals surface area contributed by atoms with Crippen LogP contribution in [0.25, 0.3) is 28.1 Å². The van der Waals surface area contributed by atoms with Crippen LogP contribution in [-0.2, 0) is 0 Å². The van der Waals surface area contributed by atoms with E-state index in [4.69, 9.17) is 10.2 Å². The number of aromatic nitrogens is 1. The molecule has 0 amide bonds. The largest absolute Gasteiger partial charge is 0.252 e. The first-order chi connectivity index (χ1) is 11.8. The predicted octanol–water partition coefficient (Wildman–Crippen LogP) is 5.46. The van der Waals surface area contributed by atoms with Gasteiger partial charge in [-0.05, 0) is 42.7 Å². The molecule has 3 aromatic rings. The van der Waals surface area contributed by atoms with E-state index in [9.17, 15) is 4.39 Å². The van der Waals surface area contributed by atoms with Crippen molar-refractivity contribution in [1.82, 2.24) is 4.98 Å². The van der Waals surface area contributed by atoms with Crippen LogP contribution in [0.2, 0.25) is 0 Å². The lowest BCUT2D eigenvalue weighted by molar-refractivity contribution is 0.628. The number of fused-ring (bicyclic) bond motifs is 1. The van der Waals surface area contributed by atoms with Crippen molar-refractivity contribution in [3.63, 3.8) is 0 Å². The maximum atomic E-state index is 13.4. The molecule has 0 atom stereocenters. The second kappa shape index (κ2) is 5.90. The summed E-state index contributed by atoms with van der Waals surface area (Å²) in [5.74, 6) is 0.195. The van der Waals surface area contributed by atoms with E-state index in [1.807, 2.05) is 30.3 Å². The lowest BCUT2D eigenvalue weighted by atomic mass is 9.92. The molecule has 3 heteroatoms. The van der Waals surface area contributed by atoms with E-state index in [0.29, 0.717) is 5.92 Å². The van der Waals surface area contributed by atoms with E-state index in [2.05, 4.69) is 6.07 Å². The summed E-state index contributed by atoms with van der Waals surface area (Å²) in [6.07, 6.45) is 5.58. The fraction of sp³-hybridized carbons (Fsp3) is 0.143. The fourth-order valence-electron chi connectivity index (χ4n) is 3.13. The molecule has 1 saturated carbocycles. The van der Waals surface area contributed by atoms with Gasteiger partial charge in [-0.25, -0.2) is 4.39 Å². The van der Waals surface area contributed by atoms with Crippen LogP contribution in [-0.4, -0.2) is 4.98 Å². The minimum Gasteiger partial charge on any atom is -0.252 e. The number of halogens is 1. The van der Waals surface area contributed by atoms with Crippen molar-refractivity contribution in [2.45, 2.75) is 18.8 Å². The number of pyridine rings is 1. The molecule has 0 unspecified atom stereocenters. The zero-order valence-electron chi connectivity index (χ0n) is 13.0. The smallest absolute Gasteiger partial charge is 0.123 e. The van der Waals surface area contributed by atoms with E-state index < -0.39 is 0 Å². The topological polar surface area (TPSA) is 36.7 Å². The van der Waals surface area contributed by atoms with Gasteiger partial charge in [0.1, 0.15) is 5.82 Å². The summed E-state index contributed by atoms with van der Waals surface area (Å²) < 4.78 is 13.4. The molecule has 0 saturated heterocycles. The van der Waals surface area contributed by atoms with Gasteiger partial charge in [0.05, 0.1) is 17.3 Å². The van der Waals surface area contributed by atoms with Crippen molar-refractivity contribution in [1.29, 1.82) is 5.26 Å². The molecule has 1 aliphatic carbocycles. The lowest BCUT2D eigenvalue weighted by Gasteiger charge is -2.15. The highest BCUT2D eigenvalue weighted by molar-refractivity contribution is 5.99. The molecule has 24 heavy (non-hydrogen) atoms. The molecule has 1 fully saturated rings. The third-order valence-electron chi connectivity index (χ3n) is 4.38. The first-order valence-corrected chi connectivity index (χ1v) is 8.02. The Kier molecular flexibility index (Phi) is 3.59. The Hall–Kier alpha value is -2.99. The zero-order valence-corrected chi connectivity index (χ0v) is 13.0. The van der Waals surface area contributed by atoms with Gasteiger partial charge < -0.3 is 0 Å². The van der Waals surface area contributed by atoms with E-state index in [1.54, 1.807) is 12.1 Å². The van der Waals surface area contributed by atoms with Gasteiger partial charge in [-0.1, -0.05) is 30.3 Å². The summed E-state index contributed by atoms with van der Waals surface area (Å²) in [5.41, 5.74) is 4.92. The molecule has 2 nitrogen and oxygen atoms in total. The van der Waals surface area contributed by atoms with Crippen molar-refractivity contribution in [2.75, 3.05) is 0 Å². The lowest BCUT2D eigenvalue weighted by Crippen LogP contribution is -1.98. The first-order valence-electron chi connectivity index (χ1n) is 8.02. The number of nitrogens with zero attached hydrogens (tertiary/aromatic N) is 2. The first kappa shape index (κ1) is 14.6. The molecule has 0 aliphatic heterocycles. The van der Waals surface area contributed by atoms with E-state index in [1.165, 1.54) is 18.2 Å². The number of benzene rings is 2. The van der Waals surface area contributed by atoms with E-state index >= 15 is 0 Å². The summed E-state index contributed by atoms with van der Waals surface area (Å²) in [5, 5.41) is 10.00. The Morgan fingerprint density at radius 2 is 1.83 bits per heavy atom. The van der Waals surface area contributed by atoms with Gasteiger partial charge in [-0.3, -0.25) is 4.98 Å². The molecule has 1 aliphatic rings. The number of nitriles is 1. The fourth-order valence-corrected chi connectivity index (χ4v) is 3.13. The Balaban J connectivity index is 2.08. The van der Waals surface area contributed by atoms with Crippen LogP contribution in [0.1, 0.15) is 30.0 Å². The molecular formula is C21H15FN2. The summed E-state index contributed by atoms with van der Waals surface area (Å²) in [4.78, 5) is 4.86. The van der Waals surface area contributed by atoms with Gasteiger partial charge in [0.15, 0.2) is 0 Å². The average Bonchev–Trinajstić information content (AvgIpc) is 3.44. The molecule has 4 rings (SSSR count). The van der Waals surface area contributed by atoms with E-state index in [-0.39, 0.29) is 5.82 Å². The number of allylic oxidation sites excluding steroid dienone is 1. The van der Waals surface area contributed by atoms with Gasteiger partial charge in [0.2, 0.25) is 0 Å². The number of hydrogen-bond donors (Lipinski definition) is 0.